The molecule has 1 amide bonds. The van der Waals surface area contributed by atoms with Crippen LogP contribution < -0.4 is 10.1 Å². The Morgan fingerprint density at radius 2 is 2.18 bits per heavy atom. The maximum atomic E-state index is 13.2. The summed E-state index contributed by atoms with van der Waals surface area (Å²) in [6.45, 7) is 0.0912. The molecule has 0 saturated heterocycles. The van der Waals surface area contributed by atoms with E-state index in [9.17, 15) is 14.4 Å². The van der Waals surface area contributed by atoms with Crippen LogP contribution in [0, 0.1) is 17.1 Å². The first-order valence-corrected chi connectivity index (χ1v) is 12.6. The first-order valence-electron chi connectivity index (χ1n) is 10.4. The number of rotatable bonds is 7. The molecule has 1 aliphatic carbocycles. The fourth-order valence-electron chi connectivity index (χ4n) is 3.57. The van der Waals surface area contributed by atoms with Gasteiger partial charge in [0, 0.05) is 11.9 Å². The molecule has 0 unspecified atom stereocenters. The van der Waals surface area contributed by atoms with E-state index in [4.69, 9.17) is 16.3 Å². The van der Waals surface area contributed by atoms with Gasteiger partial charge in [0.05, 0.1) is 16.3 Å². The summed E-state index contributed by atoms with van der Waals surface area (Å²) in [6, 6.07) is 6.17. The van der Waals surface area contributed by atoms with Crippen LogP contribution in [0.5, 0.6) is 5.75 Å². The van der Waals surface area contributed by atoms with Gasteiger partial charge in [-0.2, -0.15) is 5.26 Å². The number of hydrogen-bond acceptors (Lipinski definition) is 7. The number of carbonyl (C=O) groups is 1. The van der Waals surface area contributed by atoms with Crippen LogP contribution >= 0.6 is 34.7 Å². The number of thioether (sulfide) groups is 1. The summed E-state index contributed by atoms with van der Waals surface area (Å²) in [7, 11) is 1.77. The molecule has 33 heavy (non-hydrogen) atoms. The minimum atomic E-state index is -0.442. The molecular formula is C22H21ClFN5O2S2. The summed E-state index contributed by atoms with van der Waals surface area (Å²) in [5.74, 6) is 0.364. The highest BCUT2D eigenvalue weighted by molar-refractivity contribution is 7.99. The number of ether oxygens (including phenoxy) is 1. The van der Waals surface area contributed by atoms with E-state index in [-0.39, 0.29) is 23.3 Å². The van der Waals surface area contributed by atoms with Crippen LogP contribution in [0.3, 0.4) is 0 Å². The average Bonchev–Trinajstić information content (AvgIpc) is 3.20. The van der Waals surface area contributed by atoms with Crippen molar-refractivity contribution < 1.29 is 13.9 Å². The summed E-state index contributed by atoms with van der Waals surface area (Å²) in [4.78, 5) is 13.8. The molecule has 1 aliphatic rings. The molecule has 3 aromatic rings. The zero-order chi connectivity index (χ0) is 23.4. The van der Waals surface area contributed by atoms with Crippen LogP contribution in [0.2, 0.25) is 5.02 Å². The van der Waals surface area contributed by atoms with Gasteiger partial charge in [0.25, 0.3) is 0 Å². The van der Waals surface area contributed by atoms with Crippen molar-refractivity contribution in [3.05, 3.63) is 50.9 Å². The number of aryl methyl sites for hydroxylation is 1. The second-order valence-electron chi connectivity index (χ2n) is 7.54. The van der Waals surface area contributed by atoms with Gasteiger partial charge in [-0.25, -0.2) is 4.39 Å². The Bertz CT molecular complexity index is 1220. The fraction of sp³-hybridized carbons (Fsp3) is 0.364. The van der Waals surface area contributed by atoms with Crippen LogP contribution in [-0.4, -0.2) is 26.4 Å². The summed E-state index contributed by atoms with van der Waals surface area (Å²) < 4.78 is 20.5. The van der Waals surface area contributed by atoms with E-state index in [1.165, 1.54) is 52.6 Å². The van der Waals surface area contributed by atoms with Crippen molar-refractivity contribution in [1.82, 2.24) is 14.8 Å². The lowest BCUT2D eigenvalue weighted by molar-refractivity contribution is -0.113. The Labute approximate surface area is 203 Å². The molecule has 0 atom stereocenters. The molecule has 7 nitrogen and oxygen atoms in total. The third-order valence-electron chi connectivity index (χ3n) is 5.29. The number of amides is 1. The number of nitrogens with zero attached hydrogens (tertiary/aromatic N) is 4. The van der Waals surface area contributed by atoms with E-state index in [0.29, 0.717) is 27.3 Å². The van der Waals surface area contributed by atoms with Gasteiger partial charge in [-0.05, 0) is 49.4 Å². The number of carbonyl (C=O) groups excluding carboxylic acids is 1. The van der Waals surface area contributed by atoms with Crippen molar-refractivity contribution in [3.8, 4) is 11.8 Å². The minimum Gasteiger partial charge on any atom is -0.484 e. The predicted molar refractivity (Wildman–Crippen MR) is 126 cm³/mol. The molecule has 0 radical (unpaired) electrons. The van der Waals surface area contributed by atoms with E-state index < -0.39 is 5.82 Å². The lowest BCUT2D eigenvalue weighted by atomic mass is 10.1. The molecule has 11 heteroatoms. The number of nitrogens with one attached hydrogen (secondary N) is 1. The number of benzene rings is 1. The lowest BCUT2D eigenvalue weighted by Gasteiger charge is -2.08. The molecule has 172 valence electrons. The quantitative estimate of drug-likeness (QED) is 0.354. The average molecular weight is 506 g/mol. The molecule has 0 spiro atoms. The number of hydrogen-bond donors (Lipinski definition) is 1. The van der Waals surface area contributed by atoms with Crippen molar-refractivity contribution >= 4 is 45.6 Å². The van der Waals surface area contributed by atoms with Gasteiger partial charge in [-0.1, -0.05) is 29.8 Å². The Morgan fingerprint density at radius 1 is 1.36 bits per heavy atom. The number of aromatic nitrogens is 3. The molecule has 4 rings (SSSR count). The Balaban J connectivity index is 1.35. The standard InChI is InChI=1S/C22H21ClFN5O2S2/c1-29-19(11-31-17-8-7-13(24)9-16(17)23)27-28-22(29)32-12-20(30)26-21-15(10-25)14-5-3-2-4-6-18(14)33-21/h7-9H,2-6,11-12H2,1H3,(H,26,30). The van der Waals surface area contributed by atoms with Crippen LogP contribution in [0.15, 0.2) is 23.4 Å². The summed E-state index contributed by atoms with van der Waals surface area (Å²) >= 11 is 8.74. The maximum absolute atomic E-state index is 13.2. The van der Waals surface area contributed by atoms with Gasteiger partial charge < -0.3 is 14.6 Å². The smallest absolute Gasteiger partial charge is 0.235 e. The summed E-state index contributed by atoms with van der Waals surface area (Å²) in [5.41, 5.74) is 1.70. The SMILES string of the molecule is Cn1c(COc2ccc(F)cc2Cl)nnc1SCC(=O)Nc1sc2c(c1C#N)CCCCC2. The number of thiophene rings is 1. The van der Waals surface area contributed by atoms with E-state index in [1.54, 1.807) is 11.6 Å². The summed E-state index contributed by atoms with van der Waals surface area (Å²) in [5, 5.41) is 22.1. The van der Waals surface area contributed by atoms with Crippen molar-refractivity contribution in [3.63, 3.8) is 0 Å². The van der Waals surface area contributed by atoms with Crippen LogP contribution in [-0.2, 0) is 31.3 Å². The monoisotopic (exact) mass is 505 g/mol. The van der Waals surface area contributed by atoms with Crippen LogP contribution in [0.25, 0.3) is 0 Å². The number of anilines is 1. The number of halogens is 2. The second kappa shape index (κ2) is 10.5. The highest BCUT2D eigenvalue weighted by Gasteiger charge is 2.21. The van der Waals surface area contributed by atoms with Crippen molar-refractivity contribution in [2.75, 3.05) is 11.1 Å². The molecule has 0 aliphatic heterocycles. The van der Waals surface area contributed by atoms with E-state index in [1.807, 2.05) is 0 Å². The minimum absolute atomic E-state index is 0.0912. The van der Waals surface area contributed by atoms with E-state index in [0.717, 1.165) is 31.2 Å². The van der Waals surface area contributed by atoms with Crippen molar-refractivity contribution in [2.45, 2.75) is 43.9 Å². The molecule has 2 aromatic heterocycles. The third kappa shape index (κ3) is 5.49. The molecule has 1 N–H and O–H groups in total. The van der Waals surface area contributed by atoms with Crippen LogP contribution in [0.4, 0.5) is 9.39 Å². The van der Waals surface area contributed by atoms with Crippen molar-refractivity contribution in [1.29, 1.82) is 5.26 Å². The second-order valence-corrected chi connectivity index (χ2v) is 9.99. The Hall–Kier alpha value is -2.61. The van der Waals surface area contributed by atoms with E-state index >= 15 is 0 Å². The molecule has 2 heterocycles. The predicted octanol–water partition coefficient (Wildman–Crippen LogP) is 5.12. The van der Waals surface area contributed by atoms with Gasteiger partial charge in [-0.3, -0.25) is 4.79 Å². The van der Waals surface area contributed by atoms with Gasteiger partial charge in [0.1, 0.15) is 29.2 Å². The summed E-state index contributed by atoms with van der Waals surface area (Å²) in [6.07, 6.45) is 5.23. The topological polar surface area (TPSA) is 92.8 Å². The largest absolute Gasteiger partial charge is 0.484 e. The molecule has 1 aromatic carbocycles. The van der Waals surface area contributed by atoms with Gasteiger partial charge in [0.2, 0.25) is 5.91 Å². The molecule has 0 fully saturated rings. The maximum Gasteiger partial charge on any atom is 0.235 e. The van der Waals surface area contributed by atoms with E-state index in [2.05, 4.69) is 21.6 Å². The first kappa shape index (κ1) is 23.5. The highest BCUT2D eigenvalue weighted by Crippen LogP contribution is 2.37. The number of fused-ring (bicyclic) bond motifs is 1. The lowest BCUT2D eigenvalue weighted by Crippen LogP contribution is -2.14. The normalized spacial score (nSPS) is 13.2. The molecule has 0 saturated carbocycles. The zero-order valence-electron chi connectivity index (χ0n) is 17.9. The zero-order valence-corrected chi connectivity index (χ0v) is 20.2. The van der Waals surface area contributed by atoms with Gasteiger partial charge in [-0.15, -0.1) is 21.5 Å². The van der Waals surface area contributed by atoms with Crippen molar-refractivity contribution in [2.24, 2.45) is 7.05 Å². The fourth-order valence-corrected chi connectivity index (χ4v) is 5.78. The highest BCUT2D eigenvalue weighted by atomic mass is 35.5. The Morgan fingerprint density at radius 3 is 2.97 bits per heavy atom. The van der Waals surface area contributed by atoms with Gasteiger partial charge >= 0.3 is 0 Å². The van der Waals surface area contributed by atoms with Crippen LogP contribution in [0.1, 0.15) is 41.1 Å². The first-order chi connectivity index (χ1) is 16.0. The third-order valence-corrected chi connectivity index (χ3v) is 7.82. The Kier molecular flexibility index (Phi) is 7.53. The van der Waals surface area contributed by atoms with Gasteiger partial charge in [0.15, 0.2) is 11.0 Å². The molecule has 0 bridgehead atoms. The molecular weight excluding hydrogens is 485 g/mol. The number of nitriles is 1.